The summed E-state index contributed by atoms with van der Waals surface area (Å²) in [6.07, 6.45) is 1.88. The molecule has 230 valence electrons. The number of urea groups is 1. The number of benzene rings is 3. The standard InChI is InChI=1S/C36H39N7O2/c1-23-10-14-27(15-11-23)43-33(20-32(41-43)36(3,4)5)40-35(45)39-31-17-16-28(29-8-6-7-9-30(29)31)25-12-13-26(38-21-25)22-42-19-18-37-34(44)24(42)2/h6-17,20-21,24H,18-19,22H2,1-5H3,(H,37,44)(H2,39,40,45). The minimum Gasteiger partial charge on any atom is -0.353 e. The predicted octanol–water partition coefficient (Wildman–Crippen LogP) is 6.66. The van der Waals surface area contributed by atoms with Crippen LogP contribution in [0, 0.1) is 6.92 Å². The number of carbonyl (C=O) groups is 2. The van der Waals surface area contributed by atoms with Crippen molar-refractivity contribution in [3.63, 3.8) is 0 Å². The van der Waals surface area contributed by atoms with E-state index in [-0.39, 0.29) is 23.4 Å². The minimum atomic E-state index is -0.353. The number of aryl methyl sites for hydroxylation is 1. The zero-order valence-corrected chi connectivity index (χ0v) is 26.4. The van der Waals surface area contributed by atoms with Crippen LogP contribution < -0.4 is 16.0 Å². The molecule has 3 amide bonds. The second-order valence-electron chi connectivity index (χ2n) is 12.7. The third kappa shape index (κ3) is 6.44. The molecule has 1 saturated heterocycles. The van der Waals surface area contributed by atoms with E-state index < -0.39 is 0 Å². The van der Waals surface area contributed by atoms with Gasteiger partial charge >= 0.3 is 6.03 Å². The average molecular weight is 602 g/mol. The van der Waals surface area contributed by atoms with Crippen molar-refractivity contribution in [3.05, 3.63) is 102 Å². The zero-order chi connectivity index (χ0) is 31.7. The van der Waals surface area contributed by atoms with Crippen LogP contribution in [-0.4, -0.2) is 50.7 Å². The van der Waals surface area contributed by atoms with Gasteiger partial charge in [0.05, 0.1) is 28.8 Å². The van der Waals surface area contributed by atoms with Crippen molar-refractivity contribution >= 4 is 34.2 Å². The molecule has 1 aliphatic heterocycles. The summed E-state index contributed by atoms with van der Waals surface area (Å²) in [5, 5.41) is 15.8. The first kappa shape index (κ1) is 30.0. The van der Waals surface area contributed by atoms with Crippen molar-refractivity contribution in [1.29, 1.82) is 0 Å². The van der Waals surface area contributed by atoms with Crippen molar-refractivity contribution in [2.24, 2.45) is 0 Å². The molecule has 0 spiro atoms. The number of anilines is 2. The molecule has 1 fully saturated rings. The van der Waals surface area contributed by atoms with Gasteiger partial charge in [-0.3, -0.25) is 20.0 Å². The maximum Gasteiger partial charge on any atom is 0.324 e. The van der Waals surface area contributed by atoms with E-state index >= 15 is 0 Å². The number of piperazine rings is 1. The van der Waals surface area contributed by atoms with Gasteiger partial charge in [0.2, 0.25) is 5.91 Å². The fraction of sp³-hybridized carbons (Fsp3) is 0.278. The molecule has 1 aliphatic rings. The maximum atomic E-state index is 13.4. The van der Waals surface area contributed by atoms with Crippen LogP contribution in [0.15, 0.2) is 85.1 Å². The zero-order valence-electron chi connectivity index (χ0n) is 26.4. The van der Waals surface area contributed by atoms with Gasteiger partial charge in [-0.25, -0.2) is 9.48 Å². The van der Waals surface area contributed by atoms with Gasteiger partial charge in [0, 0.05) is 48.3 Å². The third-order valence-electron chi connectivity index (χ3n) is 8.30. The highest BCUT2D eigenvalue weighted by atomic mass is 16.2. The lowest BCUT2D eigenvalue weighted by Crippen LogP contribution is -2.53. The summed E-state index contributed by atoms with van der Waals surface area (Å²) in [6, 6.07) is 25.5. The number of fused-ring (bicyclic) bond motifs is 1. The predicted molar refractivity (Wildman–Crippen MR) is 180 cm³/mol. The third-order valence-corrected chi connectivity index (χ3v) is 8.30. The van der Waals surface area contributed by atoms with Crippen LogP contribution in [-0.2, 0) is 16.8 Å². The molecule has 45 heavy (non-hydrogen) atoms. The number of nitrogens with one attached hydrogen (secondary N) is 3. The van der Waals surface area contributed by atoms with Gasteiger partial charge in [0.25, 0.3) is 0 Å². The summed E-state index contributed by atoms with van der Waals surface area (Å²) < 4.78 is 1.78. The number of pyridine rings is 1. The SMILES string of the molecule is Cc1ccc(-n2nc(C(C)(C)C)cc2NC(=O)Nc2ccc(-c3ccc(CN4CCNC(=O)C4C)nc3)c3ccccc23)cc1. The Bertz CT molecular complexity index is 1850. The second-order valence-corrected chi connectivity index (χ2v) is 12.7. The molecule has 6 rings (SSSR count). The maximum absolute atomic E-state index is 13.4. The van der Waals surface area contributed by atoms with Crippen molar-refractivity contribution in [1.82, 2.24) is 25.0 Å². The molecule has 9 heteroatoms. The summed E-state index contributed by atoms with van der Waals surface area (Å²) >= 11 is 0. The van der Waals surface area contributed by atoms with E-state index in [0.29, 0.717) is 24.6 Å². The van der Waals surface area contributed by atoms with Crippen molar-refractivity contribution in [3.8, 4) is 16.8 Å². The molecule has 1 atom stereocenters. The molecule has 9 nitrogen and oxygen atoms in total. The Kier molecular flexibility index (Phi) is 8.12. The number of aromatic nitrogens is 3. The van der Waals surface area contributed by atoms with Crippen LogP contribution in [0.5, 0.6) is 0 Å². The van der Waals surface area contributed by atoms with E-state index in [2.05, 4.69) is 53.8 Å². The number of carbonyl (C=O) groups excluding carboxylic acids is 2. The molecule has 5 aromatic rings. The Balaban J connectivity index is 1.23. The molecule has 1 unspecified atom stereocenters. The van der Waals surface area contributed by atoms with Gasteiger partial charge in [0.15, 0.2) is 0 Å². The monoisotopic (exact) mass is 601 g/mol. The van der Waals surface area contributed by atoms with E-state index in [4.69, 9.17) is 10.1 Å². The molecule has 2 aromatic heterocycles. The summed E-state index contributed by atoms with van der Waals surface area (Å²) in [6.45, 7) is 12.3. The van der Waals surface area contributed by atoms with Crippen LogP contribution in [0.4, 0.5) is 16.3 Å². The Hall–Kier alpha value is -5.02. The highest BCUT2D eigenvalue weighted by molar-refractivity contribution is 6.09. The van der Waals surface area contributed by atoms with Gasteiger partial charge < -0.3 is 10.6 Å². The molecular weight excluding hydrogens is 562 g/mol. The topological polar surface area (TPSA) is 104 Å². The Morgan fingerprint density at radius 1 is 0.978 bits per heavy atom. The van der Waals surface area contributed by atoms with E-state index in [1.807, 2.05) is 86.8 Å². The lowest BCUT2D eigenvalue weighted by atomic mass is 9.92. The van der Waals surface area contributed by atoms with Crippen molar-refractivity contribution in [2.45, 2.75) is 52.6 Å². The first-order chi connectivity index (χ1) is 21.6. The molecule has 3 N–H and O–H groups in total. The van der Waals surface area contributed by atoms with Crippen LogP contribution in [0.3, 0.4) is 0 Å². The van der Waals surface area contributed by atoms with E-state index in [9.17, 15) is 9.59 Å². The molecule has 0 saturated carbocycles. The highest BCUT2D eigenvalue weighted by Gasteiger charge is 2.26. The molecule has 0 aliphatic carbocycles. The second kappa shape index (κ2) is 12.2. The van der Waals surface area contributed by atoms with Gasteiger partial charge in [-0.15, -0.1) is 0 Å². The van der Waals surface area contributed by atoms with Crippen LogP contribution in [0.1, 0.15) is 44.6 Å². The summed E-state index contributed by atoms with van der Waals surface area (Å²) in [5.74, 6) is 0.645. The van der Waals surface area contributed by atoms with E-state index in [1.54, 1.807) is 4.68 Å². The largest absolute Gasteiger partial charge is 0.353 e. The van der Waals surface area contributed by atoms with E-state index in [1.165, 1.54) is 0 Å². The van der Waals surface area contributed by atoms with Crippen LogP contribution in [0.25, 0.3) is 27.6 Å². The normalized spacial score (nSPS) is 15.6. The quantitative estimate of drug-likeness (QED) is 0.202. The number of rotatable bonds is 6. The van der Waals surface area contributed by atoms with Gasteiger partial charge in [0.1, 0.15) is 5.82 Å². The lowest BCUT2D eigenvalue weighted by Gasteiger charge is -2.32. The number of amides is 3. The highest BCUT2D eigenvalue weighted by Crippen LogP contribution is 2.34. The van der Waals surface area contributed by atoms with Crippen molar-refractivity contribution in [2.75, 3.05) is 23.7 Å². The van der Waals surface area contributed by atoms with Crippen LogP contribution in [0.2, 0.25) is 0 Å². The van der Waals surface area contributed by atoms with Crippen molar-refractivity contribution < 1.29 is 9.59 Å². The smallest absolute Gasteiger partial charge is 0.324 e. The van der Waals surface area contributed by atoms with Gasteiger partial charge in [-0.1, -0.05) is 74.9 Å². The minimum absolute atomic E-state index is 0.0540. The summed E-state index contributed by atoms with van der Waals surface area (Å²) in [5.41, 5.74) is 6.33. The van der Waals surface area contributed by atoms with Gasteiger partial charge in [-0.2, -0.15) is 5.10 Å². The van der Waals surface area contributed by atoms with E-state index in [0.717, 1.165) is 51.1 Å². The Morgan fingerprint density at radius 3 is 2.44 bits per heavy atom. The molecule has 3 heterocycles. The lowest BCUT2D eigenvalue weighted by molar-refractivity contribution is -0.128. The summed E-state index contributed by atoms with van der Waals surface area (Å²) in [4.78, 5) is 32.3. The first-order valence-electron chi connectivity index (χ1n) is 15.3. The fourth-order valence-electron chi connectivity index (χ4n) is 5.58. The molecular formula is C36H39N7O2. The number of hydrogen-bond acceptors (Lipinski definition) is 5. The number of hydrogen-bond donors (Lipinski definition) is 3. The van der Waals surface area contributed by atoms with Gasteiger partial charge in [-0.05, 0) is 49.1 Å². The molecule has 3 aromatic carbocycles. The Morgan fingerprint density at radius 2 is 1.73 bits per heavy atom. The number of nitrogens with zero attached hydrogens (tertiary/aromatic N) is 4. The fourth-order valence-corrected chi connectivity index (χ4v) is 5.58. The average Bonchev–Trinajstić information content (AvgIpc) is 3.45. The van der Waals surface area contributed by atoms with Crippen LogP contribution >= 0.6 is 0 Å². The summed E-state index contributed by atoms with van der Waals surface area (Å²) in [7, 11) is 0. The molecule has 0 bridgehead atoms. The molecule has 0 radical (unpaired) electrons. The Labute approximate surface area is 263 Å². The first-order valence-corrected chi connectivity index (χ1v) is 15.3.